The van der Waals surface area contributed by atoms with Gasteiger partial charge in [-0.1, -0.05) is 11.6 Å². The van der Waals surface area contributed by atoms with Crippen LogP contribution in [0.5, 0.6) is 11.5 Å². The minimum Gasteiger partial charge on any atom is -0.497 e. The number of likely N-dealkylation sites (N-methyl/N-ethyl adjacent to an activating group) is 1. The van der Waals surface area contributed by atoms with E-state index in [1.807, 2.05) is 32.2 Å². The second-order valence-corrected chi connectivity index (χ2v) is 6.44. The molecule has 0 aliphatic rings. The Morgan fingerprint density at radius 1 is 1.23 bits per heavy atom. The predicted molar refractivity (Wildman–Crippen MR) is 99.6 cm³/mol. The van der Waals surface area contributed by atoms with Crippen LogP contribution in [0.3, 0.4) is 0 Å². The molecule has 0 saturated carbocycles. The van der Waals surface area contributed by atoms with Gasteiger partial charge in [0.05, 0.1) is 32.0 Å². The maximum Gasteiger partial charge on any atom is 0.282 e. The molecule has 7 heteroatoms. The van der Waals surface area contributed by atoms with Crippen LogP contribution in [0.1, 0.15) is 12.5 Å². The van der Waals surface area contributed by atoms with Gasteiger partial charge in [0, 0.05) is 11.6 Å². The number of ether oxygens (including phenoxy) is 2. The van der Waals surface area contributed by atoms with Gasteiger partial charge in [-0.2, -0.15) is 0 Å². The Morgan fingerprint density at radius 2 is 1.96 bits per heavy atom. The Labute approximate surface area is 157 Å². The first kappa shape index (κ1) is 20.0. The summed E-state index contributed by atoms with van der Waals surface area (Å²) in [5.41, 5.74) is 1.35. The van der Waals surface area contributed by atoms with Crippen LogP contribution in [0.15, 0.2) is 36.4 Å². The summed E-state index contributed by atoms with van der Waals surface area (Å²) in [6.07, 6.45) is 0. The van der Waals surface area contributed by atoms with Crippen molar-refractivity contribution in [3.63, 3.8) is 0 Å². The van der Waals surface area contributed by atoms with E-state index in [0.29, 0.717) is 23.7 Å². The molecule has 0 aliphatic carbocycles. The van der Waals surface area contributed by atoms with E-state index in [2.05, 4.69) is 5.32 Å². The van der Waals surface area contributed by atoms with Gasteiger partial charge in [-0.05, 0) is 37.3 Å². The third-order valence-corrected chi connectivity index (χ3v) is 4.60. The van der Waals surface area contributed by atoms with Gasteiger partial charge in [-0.15, -0.1) is 0 Å². The number of amides is 1. The van der Waals surface area contributed by atoms with Gasteiger partial charge >= 0.3 is 0 Å². The van der Waals surface area contributed by atoms with Crippen LogP contribution >= 0.6 is 11.6 Å². The molecule has 0 fully saturated rings. The fraction of sp³-hybridized carbons (Fsp3) is 0.316. The summed E-state index contributed by atoms with van der Waals surface area (Å²) in [4.78, 5) is 13.5. The normalized spacial score (nSPS) is 13.0. The molecule has 0 spiro atoms. The number of methoxy groups -OCH3 is 2. The Balaban J connectivity index is 2.06. The van der Waals surface area contributed by atoms with E-state index >= 15 is 0 Å². The molecule has 2 N–H and O–H groups in total. The van der Waals surface area contributed by atoms with Crippen LogP contribution in [0.2, 0.25) is 5.02 Å². The van der Waals surface area contributed by atoms with Crippen LogP contribution in [0, 0.1) is 5.82 Å². The lowest BCUT2D eigenvalue weighted by atomic mass is 10.1. The molecule has 0 aromatic heterocycles. The minimum atomic E-state index is -0.449. The third kappa shape index (κ3) is 4.86. The standard InChI is InChI=1S/C19H22ClFN2O3/c1-12(19(24)22-17-8-6-14(21)9-16(17)20)23(2)11-13-5-7-15(25-3)10-18(13)26-4/h5-10,12H,11H2,1-4H3,(H,22,24)/p+1/t12-/m1/s1. The molecule has 5 nitrogen and oxygen atoms in total. The quantitative estimate of drug-likeness (QED) is 0.775. The van der Waals surface area contributed by atoms with Crippen molar-refractivity contribution >= 4 is 23.2 Å². The number of carbonyl (C=O) groups is 1. The Bertz CT molecular complexity index is 785. The zero-order valence-corrected chi connectivity index (χ0v) is 16.0. The summed E-state index contributed by atoms with van der Waals surface area (Å²) in [6, 6.07) is 9.10. The Morgan fingerprint density at radius 3 is 2.58 bits per heavy atom. The number of quaternary nitrogens is 1. The molecule has 0 radical (unpaired) electrons. The first-order chi connectivity index (χ1) is 12.3. The van der Waals surface area contributed by atoms with Gasteiger partial charge in [0.1, 0.15) is 23.9 Å². The van der Waals surface area contributed by atoms with Crippen molar-refractivity contribution in [3.05, 3.63) is 52.8 Å². The lowest BCUT2D eigenvalue weighted by molar-refractivity contribution is -0.907. The van der Waals surface area contributed by atoms with Crippen LogP contribution in [0.4, 0.5) is 10.1 Å². The van der Waals surface area contributed by atoms with E-state index < -0.39 is 5.82 Å². The van der Waals surface area contributed by atoms with Crippen molar-refractivity contribution in [2.45, 2.75) is 19.5 Å². The molecule has 2 aromatic rings. The highest BCUT2D eigenvalue weighted by molar-refractivity contribution is 6.33. The van der Waals surface area contributed by atoms with E-state index in [4.69, 9.17) is 21.1 Å². The molecule has 2 rings (SSSR count). The van der Waals surface area contributed by atoms with Gasteiger partial charge < -0.3 is 19.7 Å². The number of nitrogens with one attached hydrogen (secondary N) is 2. The summed E-state index contributed by atoms with van der Waals surface area (Å²) < 4.78 is 23.7. The molecule has 26 heavy (non-hydrogen) atoms. The summed E-state index contributed by atoms with van der Waals surface area (Å²) in [5.74, 6) is 0.761. The number of halogens is 2. The summed E-state index contributed by atoms with van der Waals surface area (Å²) >= 11 is 5.97. The largest absolute Gasteiger partial charge is 0.497 e. The van der Waals surface area contributed by atoms with E-state index in [1.54, 1.807) is 14.2 Å². The topological polar surface area (TPSA) is 52.0 Å². The van der Waals surface area contributed by atoms with Crippen LogP contribution in [-0.2, 0) is 11.3 Å². The van der Waals surface area contributed by atoms with Crippen molar-refractivity contribution < 1.29 is 23.6 Å². The SMILES string of the molecule is COc1ccc(C[NH+](C)[C@H](C)C(=O)Nc2ccc(F)cc2Cl)c(OC)c1. The molecule has 0 aliphatic heterocycles. The number of hydrogen-bond donors (Lipinski definition) is 2. The number of rotatable bonds is 7. The van der Waals surface area contributed by atoms with Crippen LogP contribution in [-0.4, -0.2) is 33.2 Å². The second kappa shape index (κ2) is 8.87. The second-order valence-electron chi connectivity index (χ2n) is 6.04. The van der Waals surface area contributed by atoms with Gasteiger partial charge in [0.25, 0.3) is 5.91 Å². The minimum absolute atomic E-state index is 0.167. The van der Waals surface area contributed by atoms with Crippen LogP contribution < -0.4 is 19.7 Å². The van der Waals surface area contributed by atoms with E-state index in [9.17, 15) is 9.18 Å². The average molecular weight is 382 g/mol. The molecule has 1 amide bonds. The van der Waals surface area contributed by atoms with E-state index in [-0.39, 0.29) is 17.0 Å². The Kier molecular flexibility index (Phi) is 6.83. The highest BCUT2D eigenvalue weighted by atomic mass is 35.5. The van der Waals surface area contributed by atoms with Crippen LogP contribution in [0.25, 0.3) is 0 Å². The zero-order valence-electron chi connectivity index (χ0n) is 15.2. The third-order valence-electron chi connectivity index (χ3n) is 4.29. The molecule has 1 unspecified atom stereocenters. The fourth-order valence-electron chi connectivity index (χ4n) is 2.51. The maximum atomic E-state index is 13.1. The molecule has 0 saturated heterocycles. The van der Waals surface area contributed by atoms with Crippen molar-refractivity contribution in [1.29, 1.82) is 0 Å². The number of hydrogen-bond acceptors (Lipinski definition) is 3. The predicted octanol–water partition coefficient (Wildman–Crippen LogP) is 2.54. The van der Waals surface area contributed by atoms with Crippen molar-refractivity contribution in [2.75, 3.05) is 26.6 Å². The number of benzene rings is 2. The van der Waals surface area contributed by atoms with Crippen molar-refractivity contribution in [1.82, 2.24) is 0 Å². The number of anilines is 1. The lowest BCUT2D eigenvalue weighted by Gasteiger charge is -2.22. The first-order valence-electron chi connectivity index (χ1n) is 8.14. The molecule has 140 valence electrons. The van der Waals surface area contributed by atoms with Gasteiger partial charge in [0.15, 0.2) is 6.04 Å². The van der Waals surface area contributed by atoms with E-state index in [1.165, 1.54) is 18.2 Å². The van der Waals surface area contributed by atoms with Gasteiger partial charge in [0.2, 0.25) is 0 Å². The van der Waals surface area contributed by atoms with Crippen molar-refractivity contribution in [2.24, 2.45) is 0 Å². The summed E-state index contributed by atoms with van der Waals surface area (Å²) in [7, 11) is 5.11. The molecular weight excluding hydrogens is 359 g/mol. The summed E-state index contributed by atoms with van der Waals surface area (Å²) in [5, 5.41) is 2.91. The number of carbonyl (C=O) groups excluding carboxylic acids is 1. The van der Waals surface area contributed by atoms with Gasteiger partial charge in [-0.3, -0.25) is 4.79 Å². The smallest absolute Gasteiger partial charge is 0.282 e. The molecular formula is C19H23ClFN2O3+. The molecule has 2 atom stereocenters. The zero-order chi connectivity index (χ0) is 19.3. The average Bonchev–Trinajstić information content (AvgIpc) is 2.63. The highest BCUT2D eigenvalue weighted by Crippen LogP contribution is 2.24. The molecule has 2 aromatic carbocycles. The monoisotopic (exact) mass is 381 g/mol. The highest BCUT2D eigenvalue weighted by Gasteiger charge is 2.24. The Hall–Kier alpha value is -2.31. The van der Waals surface area contributed by atoms with E-state index in [0.717, 1.165) is 10.5 Å². The maximum absolute atomic E-state index is 13.1. The van der Waals surface area contributed by atoms with Gasteiger partial charge in [-0.25, -0.2) is 4.39 Å². The molecule has 0 bridgehead atoms. The lowest BCUT2D eigenvalue weighted by Crippen LogP contribution is -3.12. The van der Waals surface area contributed by atoms with Crippen molar-refractivity contribution in [3.8, 4) is 11.5 Å². The first-order valence-corrected chi connectivity index (χ1v) is 8.52. The summed E-state index contributed by atoms with van der Waals surface area (Å²) in [6.45, 7) is 2.40. The molecule has 0 heterocycles. The fourth-order valence-corrected chi connectivity index (χ4v) is 2.72.